The molecular formula is C12H25NOS. The summed E-state index contributed by atoms with van der Waals surface area (Å²) in [5.41, 5.74) is 0.0447. The van der Waals surface area contributed by atoms with E-state index in [1.807, 2.05) is 11.8 Å². The van der Waals surface area contributed by atoms with E-state index in [4.69, 9.17) is 0 Å². The second-order valence-corrected chi connectivity index (χ2v) is 5.81. The molecule has 15 heavy (non-hydrogen) atoms. The van der Waals surface area contributed by atoms with Gasteiger partial charge in [-0.25, -0.2) is 0 Å². The average Bonchev–Trinajstić information content (AvgIpc) is 2.63. The van der Waals surface area contributed by atoms with E-state index in [0.717, 1.165) is 13.0 Å². The third-order valence-corrected chi connectivity index (χ3v) is 4.52. The predicted molar refractivity (Wildman–Crippen MR) is 68.5 cm³/mol. The molecule has 2 N–H and O–H groups in total. The van der Waals surface area contributed by atoms with Crippen LogP contribution in [0.1, 0.15) is 39.5 Å². The van der Waals surface area contributed by atoms with Crippen LogP contribution in [0.15, 0.2) is 0 Å². The molecule has 0 amide bonds. The minimum atomic E-state index is 0.0447. The number of rotatable bonds is 7. The Kier molecular flexibility index (Phi) is 6.02. The van der Waals surface area contributed by atoms with E-state index in [1.54, 1.807) is 0 Å². The van der Waals surface area contributed by atoms with Crippen LogP contribution in [0.2, 0.25) is 0 Å². The van der Waals surface area contributed by atoms with E-state index in [9.17, 15) is 5.11 Å². The van der Waals surface area contributed by atoms with E-state index in [-0.39, 0.29) is 5.54 Å². The van der Waals surface area contributed by atoms with Crippen LogP contribution >= 0.6 is 11.8 Å². The van der Waals surface area contributed by atoms with Crippen molar-refractivity contribution in [1.82, 2.24) is 5.32 Å². The molecule has 0 aromatic heterocycles. The molecule has 1 saturated carbocycles. The Bertz CT molecular complexity index is 177. The van der Waals surface area contributed by atoms with Crippen LogP contribution in [0.3, 0.4) is 0 Å². The molecule has 0 aromatic carbocycles. The Hall–Kier alpha value is 0.270. The summed E-state index contributed by atoms with van der Waals surface area (Å²) in [6.07, 6.45) is 4.97. The van der Waals surface area contributed by atoms with Gasteiger partial charge in [-0.2, -0.15) is 11.8 Å². The minimum absolute atomic E-state index is 0.0447. The second-order valence-electron chi connectivity index (χ2n) is 4.42. The molecule has 1 aliphatic rings. The highest BCUT2D eigenvalue weighted by molar-refractivity contribution is 7.99. The predicted octanol–water partition coefficient (Wildman–Crippen LogP) is 2.27. The Morgan fingerprint density at radius 1 is 1.47 bits per heavy atom. The zero-order valence-electron chi connectivity index (χ0n) is 10.1. The Labute approximate surface area is 98.2 Å². The fraction of sp³-hybridized carbons (Fsp3) is 1.00. The summed E-state index contributed by atoms with van der Waals surface area (Å²) in [5, 5.41) is 13.1. The maximum atomic E-state index is 9.61. The monoisotopic (exact) mass is 231 g/mol. The highest BCUT2D eigenvalue weighted by Crippen LogP contribution is 2.38. The molecule has 0 bridgehead atoms. The molecule has 2 nitrogen and oxygen atoms in total. The summed E-state index contributed by atoms with van der Waals surface area (Å²) in [5.74, 6) is 3.13. The molecule has 1 aliphatic carbocycles. The first-order chi connectivity index (χ1) is 7.29. The molecule has 3 heteroatoms. The van der Waals surface area contributed by atoms with Crippen LogP contribution in [-0.4, -0.2) is 35.3 Å². The fourth-order valence-electron chi connectivity index (χ4n) is 2.78. The van der Waals surface area contributed by atoms with Gasteiger partial charge in [0.15, 0.2) is 0 Å². The number of hydrogen-bond donors (Lipinski definition) is 2. The zero-order chi connectivity index (χ0) is 11.1. The van der Waals surface area contributed by atoms with Crippen molar-refractivity contribution in [3.05, 3.63) is 0 Å². The highest BCUT2D eigenvalue weighted by Gasteiger charge is 2.40. The number of aliphatic hydroxyl groups excluding tert-OH is 1. The van der Waals surface area contributed by atoms with Crippen molar-refractivity contribution in [2.45, 2.75) is 45.1 Å². The first-order valence-corrected chi connectivity index (χ1v) is 7.38. The van der Waals surface area contributed by atoms with Crippen molar-refractivity contribution in [3.8, 4) is 0 Å². The topological polar surface area (TPSA) is 32.3 Å². The first kappa shape index (κ1) is 13.3. The molecule has 1 rings (SSSR count). The van der Waals surface area contributed by atoms with Crippen LogP contribution in [0.4, 0.5) is 0 Å². The summed E-state index contributed by atoms with van der Waals surface area (Å²) in [6.45, 7) is 5.62. The second kappa shape index (κ2) is 6.77. The largest absolute Gasteiger partial charge is 0.394 e. The molecule has 0 aromatic rings. The first-order valence-electron chi connectivity index (χ1n) is 6.22. The Morgan fingerprint density at radius 2 is 2.27 bits per heavy atom. The lowest BCUT2D eigenvalue weighted by Gasteiger charge is -2.34. The number of aliphatic hydroxyl groups is 1. The van der Waals surface area contributed by atoms with E-state index in [0.29, 0.717) is 12.5 Å². The smallest absolute Gasteiger partial charge is 0.0616 e. The lowest BCUT2D eigenvalue weighted by atomic mass is 9.86. The van der Waals surface area contributed by atoms with Gasteiger partial charge in [-0.05, 0) is 43.2 Å². The lowest BCUT2D eigenvalue weighted by molar-refractivity contribution is 0.124. The van der Waals surface area contributed by atoms with Crippen LogP contribution in [0.5, 0.6) is 0 Å². The maximum Gasteiger partial charge on any atom is 0.0616 e. The normalized spacial score (nSPS) is 31.0. The van der Waals surface area contributed by atoms with Crippen molar-refractivity contribution < 1.29 is 5.11 Å². The van der Waals surface area contributed by atoms with Crippen molar-refractivity contribution in [2.75, 3.05) is 24.7 Å². The van der Waals surface area contributed by atoms with E-state index < -0.39 is 0 Å². The SMILES string of the molecule is CCNC1(CO)CCCC1CCSCC. The molecule has 0 radical (unpaired) electrons. The quantitative estimate of drug-likeness (QED) is 0.659. The van der Waals surface area contributed by atoms with E-state index in [1.165, 1.54) is 30.8 Å². The summed E-state index contributed by atoms with van der Waals surface area (Å²) < 4.78 is 0. The zero-order valence-corrected chi connectivity index (χ0v) is 10.9. The minimum Gasteiger partial charge on any atom is -0.394 e. The highest BCUT2D eigenvalue weighted by atomic mass is 32.2. The van der Waals surface area contributed by atoms with Gasteiger partial charge in [0.2, 0.25) is 0 Å². The fourth-order valence-corrected chi connectivity index (χ4v) is 3.52. The van der Waals surface area contributed by atoms with Crippen molar-refractivity contribution in [1.29, 1.82) is 0 Å². The molecule has 2 unspecified atom stereocenters. The van der Waals surface area contributed by atoms with Gasteiger partial charge in [-0.1, -0.05) is 20.3 Å². The molecule has 90 valence electrons. The van der Waals surface area contributed by atoms with Gasteiger partial charge in [0, 0.05) is 5.54 Å². The number of nitrogens with one attached hydrogen (secondary N) is 1. The van der Waals surface area contributed by atoms with Crippen LogP contribution in [0.25, 0.3) is 0 Å². The Morgan fingerprint density at radius 3 is 2.87 bits per heavy atom. The molecular weight excluding hydrogens is 206 g/mol. The van der Waals surface area contributed by atoms with Gasteiger partial charge in [-0.3, -0.25) is 0 Å². The summed E-state index contributed by atoms with van der Waals surface area (Å²) in [7, 11) is 0. The van der Waals surface area contributed by atoms with E-state index in [2.05, 4.69) is 19.2 Å². The van der Waals surface area contributed by atoms with Crippen LogP contribution in [0, 0.1) is 5.92 Å². The third kappa shape index (κ3) is 3.36. The third-order valence-electron chi connectivity index (χ3n) is 3.58. The van der Waals surface area contributed by atoms with Gasteiger partial charge >= 0.3 is 0 Å². The van der Waals surface area contributed by atoms with Gasteiger partial charge in [0.25, 0.3) is 0 Å². The van der Waals surface area contributed by atoms with Crippen molar-refractivity contribution in [2.24, 2.45) is 5.92 Å². The molecule has 0 aliphatic heterocycles. The molecule has 1 fully saturated rings. The van der Waals surface area contributed by atoms with Gasteiger partial charge in [0.1, 0.15) is 0 Å². The van der Waals surface area contributed by atoms with E-state index >= 15 is 0 Å². The Balaban J connectivity index is 2.45. The van der Waals surface area contributed by atoms with Crippen LogP contribution in [-0.2, 0) is 0 Å². The number of hydrogen-bond acceptors (Lipinski definition) is 3. The summed E-state index contributed by atoms with van der Waals surface area (Å²) in [4.78, 5) is 0. The molecule has 0 saturated heterocycles. The molecule has 2 atom stereocenters. The molecule has 0 heterocycles. The summed E-state index contributed by atoms with van der Waals surface area (Å²) in [6, 6.07) is 0. The standard InChI is InChI=1S/C12H25NOS/c1-3-13-12(10-14)8-5-6-11(12)7-9-15-4-2/h11,13-14H,3-10H2,1-2H3. The maximum absolute atomic E-state index is 9.61. The average molecular weight is 231 g/mol. The molecule has 0 spiro atoms. The van der Waals surface area contributed by atoms with Gasteiger partial charge in [-0.15, -0.1) is 0 Å². The van der Waals surface area contributed by atoms with Crippen molar-refractivity contribution in [3.63, 3.8) is 0 Å². The number of thioether (sulfide) groups is 1. The van der Waals surface area contributed by atoms with Gasteiger partial charge < -0.3 is 10.4 Å². The summed E-state index contributed by atoms with van der Waals surface area (Å²) >= 11 is 2.01. The number of likely N-dealkylation sites (N-methyl/N-ethyl adjacent to an activating group) is 1. The van der Waals surface area contributed by atoms with Gasteiger partial charge in [0.05, 0.1) is 6.61 Å². The van der Waals surface area contributed by atoms with Crippen molar-refractivity contribution >= 4 is 11.8 Å². The van der Waals surface area contributed by atoms with Crippen LogP contribution < -0.4 is 5.32 Å². The lowest BCUT2D eigenvalue weighted by Crippen LogP contribution is -2.51.